The van der Waals surface area contributed by atoms with Gasteiger partial charge in [0.25, 0.3) is 5.69 Å². The van der Waals surface area contributed by atoms with E-state index < -0.39 is 4.92 Å². The molecule has 0 radical (unpaired) electrons. The highest BCUT2D eigenvalue weighted by Gasteiger charge is 2.23. The Labute approximate surface area is 117 Å². The fourth-order valence-electron chi connectivity index (χ4n) is 2.06. The molecule has 1 aromatic rings. The van der Waals surface area contributed by atoms with Crippen molar-refractivity contribution in [3.8, 4) is 0 Å². The van der Waals surface area contributed by atoms with Gasteiger partial charge in [-0.25, -0.2) is 0 Å². The predicted octanol–water partition coefficient (Wildman–Crippen LogP) is 4.69. The first-order valence-electron chi connectivity index (χ1n) is 5.89. The molecule has 1 aromatic carbocycles. The van der Waals surface area contributed by atoms with Crippen molar-refractivity contribution in [1.82, 2.24) is 0 Å². The van der Waals surface area contributed by atoms with E-state index >= 15 is 0 Å². The first-order chi connectivity index (χ1) is 8.32. The summed E-state index contributed by atoms with van der Waals surface area (Å²) in [6.07, 6.45) is 0.593. The average molecular weight is 290 g/mol. The van der Waals surface area contributed by atoms with Crippen LogP contribution in [0.25, 0.3) is 0 Å². The number of nitro groups is 1. The standard InChI is InChI=1S/C13H17Cl2NO2/c1-8(2)12(9(3)14)6-10-4-5-11(15)7-13(10)16(17)18/h4-5,7-9,12H,6H2,1-3H3. The Bertz CT molecular complexity index is 425. The zero-order valence-corrected chi connectivity index (χ0v) is 12.2. The third-order valence-corrected chi connectivity index (χ3v) is 3.70. The minimum absolute atomic E-state index is 0.0275. The maximum atomic E-state index is 11.0. The second-order valence-corrected chi connectivity index (χ2v) is 5.94. The number of hydrogen-bond donors (Lipinski definition) is 0. The van der Waals surface area contributed by atoms with Gasteiger partial charge < -0.3 is 0 Å². The van der Waals surface area contributed by atoms with E-state index in [1.807, 2.05) is 6.92 Å². The second kappa shape index (κ2) is 6.39. The van der Waals surface area contributed by atoms with Crippen LogP contribution in [0.4, 0.5) is 5.69 Å². The largest absolute Gasteiger partial charge is 0.274 e. The Kier molecular flexibility index (Phi) is 5.42. The van der Waals surface area contributed by atoms with Crippen molar-refractivity contribution in [2.75, 3.05) is 0 Å². The van der Waals surface area contributed by atoms with Crippen LogP contribution in [-0.4, -0.2) is 10.3 Å². The Balaban J connectivity index is 3.06. The molecule has 2 atom stereocenters. The minimum Gasteiger partial charge on any atom is -0.258 e. The summed E-state index contributed by atoms with van der Waals surface area (Å²) in [5.41, 5.74) is 0.765. The Hall–Kier alpha value is -0.800. The summed E-state index contributed by atoms with van der Waals surface area (Å²) >= 11 is 11.9. The number of hydrogen-bond acceptors (Lipinski definition) is 2. The lowest BCUT2D eigenvalue weighted by molar-refractivity contribution is -0.385. The second-order valence-electron chi connectivity index (χ2n) is 4.82. The summed E-state index contributed by atoms with van der Waals surface area (Å²) in [4.78, 5) is 10.6. The van der Waals surface area contributed by atoms with Crippen LogP contribution >= 0.6 is 23.2 Å². The van der Waals surface area contributed by atoms with Crippen LogP contribution in [0.5, 0.6) is 0 Å². The Morgan fingerprint density at radius 3 is 2.39 bits per heavy atom. The summed E-state index contributed by atoms with van der Waals surface area (Å²) < 4.78 is 0. The molecule has 0 fully saturated rings. The SMILES string of the molecule is CC(C)C(Cc1ccc(Cl)cc1[N+](=O)[O-])C(C)Cl. The molecule has 100 valence electrons. The molecule has 0 aliphatic carbocycles. The number of nitro benzene ring substituents is 1. The highest BCUT2D eigenvalue weighted by atomic mass is 35.5. The molecule has 0 saturated heterocycles. The van der Waals surface area contributed by atoms with E-state index in [0.717, 1.165) is 0 Å². The maximum Gasteiger partial charge on any atom is 0.274 e. The smallest absolute Gasteiger partial charge is 0.258 e. The molecule has 0 aliphatic rings. The van der Waals surface area contributed by atoms with Crippen molar-refractivity contribution >= 4 is 28.9 Å². The molecule has 0 saturated carbocycles. The average Bonchev–Trinajstić information content (AvgIpc) is 2.25. The van der Waals surface area contributed by atoms with Crippen LogP contribution in [-0.2, 0) is 6.42 Å². The number of rotatable bonds is 5. The van der Waals surface area contributed by atoms with Gasteiger partial charge in [-0.1, -0.05) is 31.5 Å². The van der Waals surface area contributed by atoms with E-state index in [9.17, 15) is 10.1 Å². The van der Waals surface area contributed by atoms with Gasteiger partial charge in [0, 0.05) is 22.0 Å². The van der Waals surface area contributed by atoms with Crippen molar-refractivity contribution in [2.45, 2.75) is 32.6 Å². The van der Waals surface area contributed by atoms with Gasteiger partial charge in [0.1, 0.15) is 0 Å². The third kappa shape index (κ3) is 3.85. The molecule has 0 heterocycles. The van der Waals surface area contributed by atoms with Crippen molar-refractivity contribution < 1.29 is 4.92 Å². The number of benzene rings is 1. The van der Waals surface area contributed by atoms with E-state index in [4.69, 9.17) is 23.2 Å². The third-order valence-electron chi connectivity index (χ3n) is 3.15. The zero-order valence-electron chi connectivity index (χ0n) is 10.7. The first kappa shape index (κ1) is 15.3. The molecule has 5 heteroatoms. The molecular weight excluding hydrogens is 273 g/mol. The van der Waals surface area contributed by atoms with E-state index in [1.54, 1.807) is 12.1 Å². The van der Waals surface area contributed by atoms with Crippen LogP contribution in [0.15, 0.2) is 18.2 Å². The quantitative estimate of drug-likeness (QED) is 0.448. The Morgan fingerprint density at radius 1 is 1.33 bits per heavy atom. The van der Waals surface area contributed by atoms with Crippen molar-refractivity contribution in [2.24, 2.45) is 11.8 Å². The van der Waals surface area contributed by atoms with Gasteiger partial charge >= 0.3 is 0 Å². The van der Waals surface area contributed by atoms with Gasteiger partial charge in [0.2, 0.25) is 0 Å². The van der Waals surface area contributed by atoms with Crippen LogP contribution in [0, 0.1) is 22.0 Å². The van der Waals surface area contributed by atoms with Gasteiger partial charge in [-0.15, -0.1) is 11.6 Å². The lowest BCUT2D eigenvalue weighted by atomic mass is 9.86. The van der Waals surface area contributed by atoms with Gasteiger partial charge in [-0.3, -0.25) is 10.1 Å². The van der Waals surface area contributed by atoms with Crippen LogP contribution in [0.1, 0.15) is 26.3 Å². The fraction of sp³-hybridized carbons (Fsp3) is 0.538. The molecule has 1 rings (SSSR count). The van der Waals surface area contributed by atoms with Gasteiger partial charge in [-0.2, -0.15) is 0 Å². The number of alkyl halides is 1. The van der Waals surface area contributed by atoms with E-state index in [1.165, 1.54) is 6.07 Å². The van der Waals surface area contributed by atoms with Gasteiger partial charge in [0.05, 0.1) is 4.92 Å². The van der Waals surface area contributed by atoms with Crippen molar-refractivity contribution in [1.29, 1.82) is 0 Å². The predicted molar refractivity (Wildman–Crippen MR) is 75.5 cm³/mol. The molecule has 0 amide bonds. The number of halogens is 2. The van der Waals surface area contributed by atoms with E-state index in [-0.39, 0.29) is 17.0 Å². The summed E-state index contributed by atoms with van der Waals surface area (Å²) in [5, 5.41) is 11.4. The molecule has 0 aliphatic heterocycles. The lowest BCUT2D eigenvalue weighted by Crippen LogP contribution is -2.21. The van der Waals surface area contributed by atoms with Crippen LogP contribution < -0.4 is 0 Å². The highest BCUT2D eigenvalue weighted by Crippen LogP contribution is 2.30. The lowest BCUT2D eigenvalue weighted by Gasteiger charge is -2.23. The molecule has 0 aromatic heterocycles. The summed E-state index contributed by atoms with van der Waals surface area (Å²) in [6.45, 7) is 6.07. The summed E-state index contributed by atoms with van der Waals surface area (Å²) in [6, 6.07) is 4.79. The summed E-state index contributed by atoms with van der Waals surface area (Å²) in [5.74, 6) is 0.569. The minimum atomic E-state index is -0.391. The van der Waals surface area contributed by atoms with Crippen molar-refractivity contribution in [3.05, 3.63) is 38.9 Å². The summed E-state index contributed by atoms with van der Waals surface area (Å²) in [7, 11) is 0. The topological polar surface area (TPSA) is 43.1 Å². The Morgan fingerprint density at radius 2 is 1.94 bits per heavy atom. The molecule has 0 bridgehead atoms. The molecule has 0 spiro atoms. The first-order valence-corrected chi connectivity index (χ1v) is 6.71. The maximum absolute atomic E-state index is 11.0. The normalized spacial score (nSPS) is 14.6. The van der Waals surface area contributed by atoms with Crippen LogP contribution in [0.2, 0.25) is 5.02 Å². The molecular formula is C13H17Cl2NO2. The van der Waals surface area contributed by atoms with E-state index in [2.05, 4.69) is 13.8 Å². The van der Waals surface area contributed by atoms with Gasteiger partial charge in [-0.05, 0) is 31.2 Å². The molecule has 18 heavy (non-hydrogen) atoms. The zero-order chi connectivity index (χ0) is 13.9. The number of nitrogens with zero attached hydrogens (tertiary/aromatic N) is 1. The fourth-order valence-corrected chi connectivity index (χ4v) is 2.61. The molecule has 0 N–H and O–H groups in total. The van der Waals surface area contributed by atoms with E-state index in [0.29, 0.717) is 22.9 Å². The van der Waals surface area contributed by atoms with Crippen LogP contribution in [0.3, 0.4) is 0 Å². The molecule has 3 nitrogen and oxygen atoms in total. The monoisotopic (exact) mass is 289 g/mol. The molecule has 2 unspecified atom stereocenters. The van der Waals surface area contributed by atoms with Crippen molar-refractivity contribution in [3.63, 3.8) is 0 Å². The van der Waals surface area contributed by atoms with Gasteiger partial charge in [0.15, 0.2) is 0 Å². The highest BCUT2D eigenvalue weighted by molar-refractivity contribution is 6.30.